The highest BCUT2D eigenvalue weighted by atomic mass is 32.2. The minimum Gasteiger partial charge on any atom is -0.394 e. The Bertz CT molecular complexity index is 654. The highest BCUT2D eigenvalue weighted by Gasteiger charge is 2.32. The molecule has 0 heterocycles. The Morgan fingerprint density at radius 3 is 1.96 bits per heavy atom. The first-order chi connectivity index (χ1) is 12.9. The number of ketones is 1. The number of rotatable bonds is 15. The molecule has 0 fully saturated rings. The number of aliphatic hydroxyl groups excluding tert-OH is 1. The van der Waals surface area contributed by atoms with Gasteiger partial charge in [0.15, 0.2) is 11.0 Å². The zero-order chi connectivity index (χ0) is 20.1. The van der Waals surface area contributed by atoms with Gasteiger partial charge in [-0.25, -0.2) is 0 Å². The SMILES string of the molecule is CCCCCCCCCCCCc1ccccc1C(=O)C(CO)S(=O)(=O)O. The van der Waals surface area contributed by atoms with E-state index in [9.17, 15) is 18.3 Å². The van der Waals surface area contributed by atoms with Gasteiger partial charge in [-0.2, -0.15) is 8.42 Å². The van der Waals surface area contributed by atoms with Crippen molar-refractivity contribution in [1.82, 2.24) is 0 Å². The predicted octanol–water partition coefficient (Wildman–Crippen LogP) is 4.58. The molecule has 0 saturated carbocycles. The Labute approximate surface area is 163 Å². The van der Waals surface area contributed by atoms with E-state index in [1.807, 2.05) is 6.07 Å². The van der Waals surface area contributed by atoms with E-state index in [1.54, 1.807) is 18.2 Å². The third-order valence-electron chi connectivity index (χ3n) is 4.90. The van der Waals surface area contributed by atoms with Crippen LogP contribution in [0.5, 0.6) is 0 Å². The molecule has 154 valence electrons. The predicted molar refractivity (Wildman–Crippen MR) is 109 cm³/mol. The van der Waals surface area contributed by atoms with E-state index in [-0.39, 0.29) is 5.56 Å². The summed E-state index contributed by atoms with van der Waals surface area (Å²) < 4.78 is 31.8. The molecule has 6 heteroatoms. The number of aliphatic hydroxyl groups is 1. The fourth-order valence-corrected chi connectivity index (χ4v) is 3.85. The highest BCUT2D eigenvalue weighted by Crippen LogP contribution is 2.18. The Kier molecular flexibility index (Phi) is 11.5. The van der Waals surface area contributed by atoms with Crippen LogP contribution in [0.3, 0.4) is 0 Å². The summed E-state index contributed by atoms with van der Waals surface area (Å²) in [4.78, 5) is 12.4. The zero-order valence-corrected chi connectivity index (χ0v) is 17.2. The smallest absolute Gasteiger partial charge is 0.277 e. The number of carbonyl (C=O) groups is 1. The van der Waals surface area contributed by atoms with Crippen LogP contribution in [-0.4, -0.2) is 35.7 Å². The lowest BCUT2D eigenvalue weighted by Crippen LogP contribution is -2.34. The molecule has 1 atom stereocenters. The Morgan fingerprint density at radius 1 is 0.926 bits per heavy atom. The molecule has 1 unspecified atom stereocenters. The second-order valence-corrected chi connectivity index (χ2v) is 8.74. The molecule has 1 rings (SSSR count). The van der Waals surface area contributed by atoms with E-state index in [4.69, 9.17) is 4.55 Å². The second kappa shape index (κ2) is 13.0. The molecule has 0 saturated heterocycles. The third-order valence-corrected chi connectivity index (χ3v) is 5.98. The summed E-state index contributed by atoms with van der Waals surface area (Å²) in [5, 5.41) is 7.38. The number of benzene rings is 1. The van der Waals surface area contributed by atoms with Gasteiger partial charge in [-0.1, -0.05) is 89.0 Å². The first-order valence-corrected chi connectivity index (χ1v) is 11.6. The van der Waals surface area contributed by atoms with Crippen LogP contribution in [0.15, 0.2) is 24.3 Å². The van der Waals surface area contributed by atoms with Gasteiger partial charge in [-0.3, -0.25) is 9.35 Å². The summed E-state index contributed by atoms with van der Waals surface area (Å²) in [5.74, 6) is -0.748. The molecule has 0 aromatic heterocycles. The molecular weight excluding hydrogens is 364 g/mol. The molecule has 0 amide bonds. The molecule has 0 aliphatic carbocycles. The number of carbonyl (C=O) groups excluding carboxylic acids is 1. The van der Waals surface area contributed by atoms with Crippen LogP contribution in [0.4, 0.5) is 0 Å². The highest BCUT2D eigenvalue weighted by molar-refractivity contribution is 7.87. The standard InChI is InChI=1S/C21H34O5S/c1-2-3-4-5-6-7-8-9-10-11-14-18-15-12-13-16-19(18)21(23)20(17-22)27(24,25)26/h12-13,15-16,20,22H,2-11,14,17H2,1H3,(H,24,25,26). The van der Waals surface area contributed by atoms with Crippen LogP contribution in [0.2, 0.25) is 0 Å². The molecule has 0 spiro atoms. The van der Waals surface area contributed by atoms with Gasteiger partial charge in [0, 0.05) is 5.56 Å². The van der Waals surface area contributed by atoms with E-state index in [0.29, 0.717) is 6.42 Å². The van der Waals surface area contributed by atoms with Gasteiger partial charge in [-0.05, 0) is 18.4 Å². The summed E-state index contributed by atoms with van der Waals surface area (Å²) in [5.41, 5.74) is 1.04. The molecular formula is C21H34O5S. The van der Waals surface area contributed by atoms with Crippen LogP contribution in [-0.2, 0) is 16.5 Å². The van der Waals surface area contributed by atoms with E-state index in [1.165, 1.54) is 44.9 Å². The summed E-state index contributed by atoms with van der Waals surface area (Å²) >= 11 is 0. The largest absolute Gasteiger partial charge is 0.394 e. The molecule has 1 aromatic carbocycles. The van der Waals surface area contributed by atoms with E-state index < -0.39 is 27.8 Å². The van der Waals surface area contributed by atoms with Crippen molar-refractivity contribution >= 4 is 15.9 Å². The van der Waals surface area contributed by atoms with E-state index >= 15 is 0 Å². The van der Waals surface area contributed by atoms with Gasteiger partial charge in [0.25, 0.3) is 10.1 Å². The Morgan fingerprint density at radius 2 is 1.44 bits per heavy atom. The van der Waals surface area contributed by atoms with Crippen LogP contribution in [0.1, 0.15) is 87.1 Å². The van der Waals surface area contributed by atoms with Crippen LogP contribution >= 0.6 is 0 Å². The lowest BCUT2D eigenvalue weighted by molar-refractivity contribution is 0.0957. The van der Waals surface area contributed by atoms with Gasteiger partial charge < -0.3 is 5.11 Å². The lowest BCUT2D eigenvalue weighted by Gasteiger charge is -2.13. The Balaban J connectivity index is 2.43. The van der Waals surface area contributed by atoms with Gasteiger partial charge in [0.1, 0.15) is 0 Å². The number of hydrogen-bond acceptors (Lipinski definition) is 4. The minimum absolute atomic E-state index is 0.269. The normalized spacial score (nSPS) is 12.9. The molecule has 2 N–H and O–H groups in total. The van der Waals surface area contributed by atoms with Crippen molar-refractivity contribution in [2.75, 3.05) is 6.61 Å². The van der Waals surface area contributed by atoms with Crippen LogP contribution < -0.4 is 0 Å². The average molecular weight is 399 g/mol. The van der Waals surface area contributed by atoms with Crippen molar-refractivity contribution in [3.63, 3.8) is 0 Å². The molecule has 1 aromatic rings. The van der Waals surface area contributed by atoms with Gasteiger partial charge in [-0.15, -0.1) is 0 Å². The van der Waals surface area contributed by atoms with Crippen molar-refractivity contribution in [3.05, 3.63) is 35.4 Å². The maximum atomic E-state index is 12.4. The molecule has 5 nitrogen and oxygen atoms in total. The summed E-state index contributed by atoms with van der Waals surface area (Å²) in [7, 11) is -4.62. The van der Waals surface area contributed by atoms with Crippen molar-refractivity contribution in [3.8, 4) is 0 Å². The summed E-state index contributed by atoms with van der Waals surface area (Å²) in [6.45, 7) is 1.29. The van der Waals surface area contributed by atoms with Crippen LogP contribution in [0, 0.1) is 0 Å². The second-order valence-electron chi connectivity index (χ2n) is 7.14. The topological polar surface area (TPSA) is 91.7 Å². The summed E-state index contributed by atoms with van der Waals surface area (Å²) in [6.07, 6.45) is 12.9. The number of hydrogen-bond donors (Lipinski definition) is 2. The van der Waals surface area contributed by atoms with Gasteiger partial charge in [0.2, 0.25) is 0 Å². The van der Waals surface area contributed by atoms with Crippen molar-refractivity contribution in [2.45, 2.75) is 82.8 Å². The molecule has 0 bridgehead atoms. The molecule has 0 aliphatic heterocycles. The maximum Gasteiger partial charge on any atom is 0.277 e. The number of unbranched alkanes of at least 4 members (excludes halogenated alkanes) is 9. The first kappa shape index (κ1) is 23.8. The van der Waals surface area contributed by atoms with Gasteiger partial charge in [0.05, 0.1) is 6.61 Å². The lowest BCUT2D eigenvalue weighted by atomic mass is 9.96. The fraction of sp³-hybridized carbons (Fsp3) is 0.667. The van der Waals surface area contributed by atoms with Crippen molar-refractivity contribution in [1.29, 1.82) is 0 Å². The van der Waals surface area contributed by atoms with Crippen molar-refractivity contribution < 1.29 is 22.9 Å². The number of aryl methyl sites for hydroxylation is 1. The molecule has 27 heavy (non-hydrogen) atoms. The number of Topliss-reactive ketones (excluding diaryl/α,β-unsaturated/α-hetero) is 1. The minimum atomic E-state index is -4.62. The quantitative estimate of drug-likeness (QED) is 0.256. The molecule has 0 aliphatic rings. The van der Waals surface area contributed by atoms with E-state index in [2.05, 4.69) is 6.92 Å². The molecule has 0 radical (unpaired) electrons. The van der Waals surface area contributed by atoms with Crippen LogP contribution in [0.25, 0.3) is 0 Å². The first-order valence-electron chi connectivity index (χ1n) is 10.1. The summed E-state index contributed by atoms with van der Waals surface area (Å²) in [6, 6.07) is 6.83. The van der Waals surface area contributed by atoms with E-state index in [0.717, 1.165) is 24.8 Å². The maximum absolute atomic E-state index is 12.4. The monoisotopic (exact) mass is 398 g/mol. The van der Waals surface area contributed by atoms with Crippen molar-refractivity contribution in [2.24, 2.45) is 0 Å². The average Bonchev–Trinajstić information content (AvgIpc) is 2.63. The fourth-order valence-electron chi connectivity index (χ4n) is 3.27. The van der Waals surface area contributed by atoms with Gasteiger partial charge >= 0.3 is 0 Å². The Hall–Kier alpha value is -1.24. The zero-order valence-electron chi connectivity index (χ0n) is 16.4. The third kappa shape index (κ3) is 9.00.